The third-order valence-corrected chi connectivity index (χ3v) is 6.92. The zero-order valence-electron chi connectivity index (χ0n) is 16.6. The second kappa shape index (κ2) is 11.6. The molecule has 0 spiro atoms. The van der Waals surface area contributed by atoms with Crippen molar-refractivity contribution < 1.29 is 9.18 Å². The number of carbonyl (C=O) groups excluding carboxylic acids is 1. The van der Waals surface area contributed by atoms with Gasteiger partial charge < -0.3 is 10.2 Å². The first kappa shape index (κ1) is 22.1. The molecule has 0 unspecified atom stereocenters. The van der Waals surface area contributed by atoms with E-state index in [-0.39, 0.29) is 17.6 Å². The van der Waals surface area contributed by atoms with Gasteiger partial charge in [-0.05, 0) is 74.8 Å². The predicted octanol–water partition coefficient (Wildman–Crippen LogP) is 5.03. The number of likely N-dealkylation sites (tertiary alicyclic amines) is 1. The minimum Gasteiger partial charge on any atom is -0.356 e. The quantitative estimate of drug-likeness (QED) is 0.443. The van der Waals surface area contributed by atoms with Crippen molar-refractivity contribution in [2.24, 2.45) is 5.92 Å². The molecule has 1 aliphatic rings. The second-order valence-electron chi connectivity index (χ2n) is 7.38. The fraction of sp³-hybridized carbons (Fsp3) is 0.435. The molecule has 1 heterocycles. The number of hydrogen-bond donors (Lipinski definition) is 1. The van der Waals surface area contributed by atoms with Gasteiger partial charge in [0.2, 0.25) is 5.91 Å². The fourth-order valence-corrected chi connectivity index (χ4v) is 4.79. The van der Waals surface area contributed by atoms with E-state index in [1.807, 2.05) is 24.3 Å². The average molecular weight is 435 g/mol. The summed E-state index contributed by atoms with van der Waals surface area (Å²) in [7, 11) is 0. The van der Waals surface area contributed by atoms with Crippen LogP contribution < -0.4 is 5.32 Å². The van der Waals surface area contributed by atoms with Crippen molar-refractivity contribution in [1.29, 1.82) is 0 Å². The Bertz CT molecular complexity index is 796. The van der Waals surface area contributed by atoms with Crippen LogP contribution in [0.3, 0.4) is 0 Å². The van der Waals surface area contributed by atoms with Crippen LogP contribution >= 0.6 is 23.4 Å². The third kappa shape index (κ3) is 7.02. The number of hydrogen-bond acceptors (Lipinski definition) is 3. The second-order valence-corrected chi connectivity index (χ2v) is 8.92. The molecule has 0 bridgehead atoms. The highest BCUT2D eigenvalue weighted by Gasteiger charge is 2.24. The van der Waals surface area contributed by atoms with Crippen LogP contribution in [-0.2, 0) is 11.2 Å². The Morgan fingerprint density at radius 3 is 2.62 bits per heavy atom. The molecule has 156 valence electrons. The van der Waals surface area contributed by atoms with E-state index in [0.717, 1.165) is 54.6 Å². The number of carbonyl (C=O) groups is 1. The molecule has 3 rings (SSSR count). The number of nitrogens with zero attached hydrogens (tertiary/aromatic N) is 1. The van der Waals surface area contributed by atoms with Crippen LogP contribution in [0.25, 0.3) is 0 Å². The van der Waals surface area contributed by atoms with E-state index in [1.54, 1.807) is 23.9 Å². The summed E-state index contributed by atoms with van der Waals surface area (Å²) in [5.41, 5.74) is 0.650. The van der Waals surface area contributed by atoms with Crippen molar-refractivity contribution in [3.8, 4) is 0 Å². The number of rotatable bonds is 9. The zero-order chi connectivity index (χ0) is 20.5. The summed E-state index contributed by atoms with van der Waals surface area (Å²) in [5, 5.41) is 3.80. The first-order valence-corrected chi connectivity index (χ1v) is 11.6. The van der Waals surface area contributed by atoms with E-state index in [9.17, 15) is 9.18 Å². The standard InChI is InChI=1S/C23H28ClFN2OS/c24-20-7-2-4-9-22(20)29-17-5-14-27-15-11-19(12-16-27)23(28)26-13-10-18-6-1-3-8-21(18)25/h1-4,6-9,19H,5,10-17H2,(H,26,28). The first-order valence-electron chi connectivity index (χ1n) is 10.2. The normalized spacial score (nSPS) is 15.4. The smallest absolute Gasteiger partial charge is 0.223 e. The zero-order valence-corrected chi connectivity index (χ0v) is 18.2. The number of amides is 1. The Kier molecular flexibility index (Phi) is 8.84. The molecule has 1 saturated heterocycles. The summed E-state index contributed by atoms with van der Waals surface area (Å²) in [6, 6.07) is 14.7. The minimum atomic E-state index is -0.206. The summed E-state index contributed by atoms with van der Waals surface area (Å²) in [4.78, 5) is 16.0. The Labute approximate surface area is 182 Å². The van der Waals surface area contributed by atoms with E-state index < -0.39 is 0 Å². The average Bonchev–Trinajstić information content (AvgIpc) is 2.74. The van der Waals surface area contributed by atoms with Gasteiger partial charge in [0, 0.05) is 17.4 Å². The summed E-state index contributed by atoms with van der Waals surface area (Å²) in [6.45, 7) is 3.46. The monoisotopic (exact) mass is 434 g/mol. The third-order valence-electron chi connectivity index (χ3n) is 5.32. The van der Waals surface area contributed by atoms with Gasteiger partial charge in [-0.1, -0.05) is 41.9 Å². The maximum Gasteiger partial charge on any atom is 0.223 e. The molecule has 0 saturated carbocycles. The summed E-state index contributed by atoms with van der Waals surface area (Å²) in [5.74, 6) is 1.02. The minimum absolute atomic E-state index is 0.0735. The summed E-state index contributed by atoms with van der Waals surface area (Å²) < 4.78 is 13.6. The van der Waals surface area contributed by atoms with Gasteiger partial charge in [0.1, 0.15) is 5.82 Å². The lowest BCUT2D eigenvalue weighted by atomic mass is 9.95. The van der Waals surface area contributed by atoms with Crippen LogP contribution in [-0.4, -0.2) is 42.7 Å². The molecule has 3 nitrogen and oxygen atoms in total. The maximum atomic E-state index is 13.6. The fourth-order valence-electron chi connectivity index (χ4n) is 3.62. The number of thioether (sulfide) groups is 1. The first-order chi connectivity index (χ1) is 14.1. The number of halogens is 2. The number of benzene rings is 2. The molecule has 0 aromatic heterocycles. The number of piperidine rings is 1. The van der Waals surface area contributed by atoms with Gasteiger partial charge in [0.25, 0.3) is 0 Å². The molecule has 2 aromatic carbocycles. The maximum absolute atomic E-state index is 13.6. The van der Waals surface area contributed by atoms with Gasteiger partial charge in [-0.15, -0.1) is 11.8 Å². The molecule has 1 fully saturated rings. The van der Waals surface area contributed by atoms with E-state index >= 15 is 0 Å². The van der Waals surface area contributed by atoms with Gasteiger partial charge in [-0.3, -0.25) is 4.79 Å². The van der Waals surface area contributed by atoms with E-state index in [0.29, 0.717) is 18.5 Å². The van der Waals surface area contributed by atoms with Crippen molar-refractivity contribution in [3.05, 3.63) is 64.9 Å². The molecule has 2 aromatic rings. The van der Waals surface area contributed by atoms with E-state index in [4.69, 9.17) is 11.6 Å². The lowest BCUT2D eigenvalue weighted by Gasteiger charge is -2.31. The molecular weight excluding hydrogens is 407 g/mol. The molecule has 0 aliphatic carbocycles. The Morgan fingerprint density at radius 1 is 1.14 bits per heavy atom. The molecule has 0 atom stereocenters. The highest BCUT2D eigenvalue weighted by molar-refractivity contribution is 7.99. The van der Waals surface area contributed by atoms with Crippen molar-refractivity contribution in [2.75, 3.05) is 31.9 Å². The van der Waals surface area contributed by atoms with Crippen molar-refractivity contribution >= 4 is 29.3 Å². The molecule has 0 radical (unpaired) electrons. The lowest BCUT2D eigenvalue weighted by molar-refractivity contribution is -0.126. The largest absolute Gasteiger partial charge is 0.356 e. The Hall–Kier alpha value is -1.56. The van der Waals surface area contributed by atoms with Gasteiger partial charge in [0.05, 0.1) is 5.02 Å². The highest BCUT2D eigenvalue weighted by atomic mass is 35.5. The van der Waals surface area contributed by atoms with Crippen LogP contribution in [0.15, 0.2) is 53.4 Å². The Morgan fingerprint density at radius 2 is 1.86 bits per heavy atom. The highest BCUT2D eigenvalue weighted by Crippen LogP contribution is 2.27. The Balaban J connectivity index is 1.29. The van der Waals surface area contributed by atoms with Gasteiger partial charge in [-0.25, -0.2) is 4.39 Å². The van der Waals surface area contributed by atoms with E-state index in [1.165, 1.54) is 6.07 Å². The van der Waals surface area contributed by atoms with Crippen LogP contribution in [0.5, 0.6) is 0 Å². The van der Waals surface area contributed by atoms with Crippen LogP contribution in [0.4, 0.5) is 4.39 Å². The van der Waals surface area contributed by atoms with Crippen LogP contribution in [0, 0.1) is 11.7 Å². The van der Waals surface area contributed by atoms with Gasteiger partial charge >= 0.3 is 0 Å². The molecule has 1 aliphatic heterocycles. The summed E-state index contributed by atoms with van der Waals surface area (Å²) >= 11 is 7.99. The molecule has 29 heavy (non-hydrogen) atoms. The molecular formula is C23H28ClFN2OS. The van der Waals surface area contributed by atoms with Gasteiger partial charge in [0.15, 0.2) is 0 Å². The van der Waals surface area contributed by atoms with Crippen molar-refractivity contribution in [2.45, 2.75) is 30.6 Å². The van der Waals surface area contributed by atoms with Gasteiger partial charge in [-0.2, -0.15) is 0 Å². The predicted molar refractivity (Wildman–Crippen MR) is 119 cm³/mol. The molecule has 6 heteroatoms. The topological polar surface area (TPSA) is 32.3 Å². The molecule has 1 amide bonds. The van der Waals surface area contributed by atoms with Crippen molar-refractivity contribution in [1.82, 2.24) is 10.2 Å². The van der Waals surface area contributed by atoms with Crippen LogP contribution in [0.1, 0.15) is 24.8 Å². The van der Waals surface area contributed by atoms with Crippen molar-refractivity contribution in [3.63, 3.8) is 0 Å². The molecule has 1 N–H and O–H groups in total. The lowest BCUT2D eigenvalue weighted by Crippen LogP contribution is -2.41. The van der Waals surface area contributed by atoms with Crippen LogP contribution in [0.2, 0.25) is 5.02 Å². The SMILES string of the molecule is O=C(NCCc1ccccc1F)C1CCN(CCCSc2ccccc2Cl)CC1. The number of nitrogens with one attached hydrogen (secondary N) is 1. The van der Waals surface area contributed by atoms with E-state index in [2.05, 4.69) is 16.3 Å². The summed E-state index contributed by atoms with van der Waals surface area (Å²) in [6.07, 6.45) is 3.42.